The summed E-state index contributed by atoms with van der Waals surface area (Å²) < 4.78 is 0. The van der Waals surface area contributed by atoms with E-state index in [4.69, 9.17) is 11.2 Å². The van der Waals surface area contributed by atoms with Gasteiger partial charge in [0.15, 0.2) is 0 Å². The van der Waals surface area contributed by atoms with Crippen molar-refractivity contribution in [3.8, 4) is 0 Å². The quantitative estimate of drug-likeness (QED) is 0.330. The molecule has 100 valence electrons. The van der Waals surface area contributed by atoms with Crippen LogP contribution in [0.25, 0.3) is 0 Å². The van der Waals surface area contributed by atoms with E-state index in [2.05, 4.69) is 27.7 Å². The van der Waals surface area contributed by atoms with Crippen molar-refractivity contribution in [3.63, 3.8) is 0 Å². The number of halogens is 1. The third-order valence-electron chi connectivity index (χ3n) is 4.22. The van der Waals surface area contributed by atoms with Crippen LogP contribution in [0.2, 0.25) is 0 Å². The first-order chi connectivity index (χ1) is 7.54. The fourth-order valence-corrected chi connectivity index (χ4v) is 7.16. The van der Waals surface area contributed by atoms with Crippen LogP contribution in [0, 0.1) is 0 Å². The van der Waals surface area contributed by atoms with Gasteiger partial charge in [-0.2, -0.15) is 0 Å². The van der Waals surface area contributed by atoms with Gasteiger partial charge in [-0.15, -0.1) is 0 Å². The molecular weight excluding hydrogens is 235 g/mol. The van der Waals surface area contributed by atoms with Crippen molar-refractivity contribution in [1.29, 1.82) is 0 Å². The van der Waals surface area contributed by atoms with Gasteiger partial charge in [0.05, 0.1) is 0 Å². The molecule has 0 bridgehead atoms. The Hall–Kier alpha value is 0.720. The molecule has 0 aromatic carbocycles. The third kappa shape index (κ3) is 5.37. The molecule has 0 nitrogen and oxygen atoms in total. The van der Waals surface area contributed by atoms with E-state index in [9.17, 15) is 0 Å². The molecule has 0 aromatic rings. The monoisotopic (exact) mass is 266 g/mol. The van der Waals surface area contributed by atoms with Crippen LogP contribution >= 0.6 is 17.2 Å². The molecule has 0 saturated heterocycles. The summed E-state index contributed by atoms with van der Waals surface area (Å²) in [6.45, 7) is 9.20. The molecule has 2 heteroatoms. The zero-order valence-electron chi connectivity index (χ0n) is 11.9. The molecule has 0 amide bonds. The first-order valence-electron chi connectivity index (χ1n) is 7.26. The summed E-state index contributed by atoms with van der Waals surface area (Å²) in [5, 5.41) is 0. The third-order valence-corrected chi connectivity index (χ3v) is 12.7. The molecule has 0 rings (SSSR count). The maximum atomic E-state index is 7.17. The Kier molecular flexibility index (Phi) is 8.29. The zero-order chi connectivity index (χ0) is 12.5. The van der Waals surface area contributed by atoms with E-state index >= 15 is 0 Å². The minimum absolute atomic E-state index is 1.25. The summed E-state index contributed by atoms with van der Waals surface area (Å²) >= 11 is 7.17. The van der Waals surface area contributed by atoms with Gasteiger partial charge in [-0.1, -0.05) is 0 Å². The van der Waals surface area contributed by atoms with Crippen molar-refractivity contribution in [2.45, 2.75) is 66.2 Å². The average molecular weight is 267 g/mol. The van der Waals surface area contributed by atoms with E-state index in [1.165, 1.54) is 63.2 Å². The van der Waals surface area contributed by atoms with Gasteiger partial charge >= 0.3 is 108 Å². The van der Waals surface area contributed by atoms with Crippen LogP contribution in [0.3, 0.4) is 0 Å². The molecule has 0 heterocycles. The number of hydrogen-bond acceptors (Lipinski definition) is 0. The Morgan fingerprint density at radius 3 is 1.31 bits per heavy atom. The summed E-state index contributed by atoms with van der Waals surface area (Å²) in [4.78, 5) is 0. The molecule has 0 fully saturated rings. The zero-order valence-corrected chi connectivity index (χ0v) is 13.5. The number of unbranched alkanes of at least 4 members (excludes halogenated alkanes) is 4. The van der Waals surface area contributed by atoms with Crippen molar-refractivity contribution < 1.29 is 0 Å². The second-order valence-electron chi connectivity index (χ2n) is 5.31. The molecule has 0 N–H and O–H groups in total. The van der Waals surface area contributed by atoms with Crippen LogP contribution in [0.5, 0.6) is 0 Å². The summed E-state index contributed by atoms with van der Waals surface area (Å²) in [5.74, 6) is -1.82. The fourth-order valence-electron chi connectivity index (χ4n) is 2.48. The molecule has 0 aliphatic heterocycles. The van der Waals surface area contributed by atoms with Crippen LogP contribution < -0.4 is 0 Å². The molecule has 0 unspecified atom stereocenters. The Labute approximate surface area is 108 Å². The van der Waals surface area contributed by atoms with E-state index in [1.807, 2.05) is 0 Å². The Bertz CT molecular complexity index is 162. The van der Waals surface area contributed by atoms with Crippen molar-refractivity contribution in [2.24, 2.45) is 0 Å². The Morgan fingerprint density at radius 1 is 0.688 bits per heavy atom. The SMILES string of the molecule is CCCCCP(Cl)(CC)(CC)CCCCC. The van der Waals surface area contributed by atoms with Gasteiger partial charge in [0, 0.05) is 0 Å². The fraction of sp³-hybridized carbons (Fsp3) is 1.00. The van der Waals surface area contributed by atoms with Gasteiger partial charge in [0.2, 0.25) is 0 Å². The second kappa shape index (κ2) is 7.93. The number of hydrogen-bond donors (Lipinski definition) is 0. The number of rotatable bonds is 10. The van der Waals surface area contributed by atoms with Crippen LogP contribution in [0.1, 0.15) is 66.2 Å². The van der Waals surface area contributed by atoms with E-state index in [-0.39, 0.29) is 0 Å². The van der Waals surface area contributed by atoms with Gasteiger partial charge in [-0.25, -0.2) is 0 Å². The Balaban J connectivity index is 4.35. The summed E-state index contributed by atoms with van der Waals surface area (Å²) in [6.07, 6.45) is 13.2. The molecule has 0 saturated carbocycles. The van der Waals surface area contributed by atoms with Gasteiger partial charge in [-0.05, 0) is 0 Å². The summed E-state index contributed by atoms with van der Waals surface area (Å²) in [5.41, 5.74) is 0. The molecule has 0 aliphatic rings. The summed E-state index contributed by atoms with van der Waals surface area (Å²) in [6, 6.07) is 0. The van der Waals surface area contributed by atoms with Crippen LogP contribution in [0.15, 0.2) is 0 Å². The van der Waals surface area contributed by atoms with E-state index in [1.54, 1.807) is 0 Å². The second-order valence-corrected chi connectivity index (χ2v) is 14.0. The molecule has 0 aliphatic carbocycles. The van der Waals surface area contributed by atoms with E-state index in [0.717, 1.165) is 0 Å². The predicted octanol–water partition coefficient (Wildman–Crippen LogP) is 6.11. The standard InChI is InChI=1S/C14H32ClP/c1-5-9-11-13-16(15,7-3,8-4)14-12-10-6-2/h5-14H2,1-4H3. The maximum absolute atomic E-state index is 7.17. The predicted molar refractivity (Wildman–Crippen MR) is 82.6 cm³/mol. The van der Waals surface area contributed by atoms with Crippen LogP contribution in [-0.2, 0) is 0 Å². The van der Waals surface area contributed by atoms with Gasteiger partial charge < -0.3 is 0 Å². The van der Waals surface area contributed by atoms with Crippen molar-refractivity contribution in [1.82, 2.24) is 0 Å². The van der Waals surface area contributed by atoms with Crippen LogP contribution in [0.4, 0.5) is 0 Å². The molecule has 0 spiro atoms. The van der Waals surface area contributed by atoms with Crippen molar-refractivity contribution in [2.75, 3.05) is 24.6 Å². The van der Waals surface area contributed by atoms with E-state index < -0.39 is 5.96 Å². The van der Waals surface area contributed by atoms with Gasteiger partial charge in [-0.3, -0.25) is 0 Å². The summed E-state index contributed by atoms with van der Waals surface area (Å²) in [7, 11) is 0. The minimum atomic E-state index is -1.82. The molecule has 0 atom stereocenters. The van der Waals surface area contributed by atoms with Gasteiger partial charge in [0.25, 0.3) is 0 Å². The van der Waals surface area contributed by atoms with Crippen molar-refractivity contribution >= 4 is 17.2 Å². The van der Waals surface area contributed by atoms with Crippen molar-refractivity contribution in [3.05, 3.63) is 0 Å². The van der Waals surface area contributed by atoms with E-state index in [0.29, 0.717) is 0 Å². The first-order valence-corrected chi connectivity index (χ1v) is 11.1. The molecular formula is C14H32ClP. The average Bonchev–Trinajstić information content (AvgIpc) is 2.30. The van der Waals surface area contributed by atoms with Crippen LogP contribution in [-0.4, -0.2) is 24.6 Å². The molecule has 0 aromatic heterocycles. The topological polar surface area (TPSA) is 0 Å². The van der Waals surface area contributed by atoms with Gasteiger partial charge in [0.1, 0.15) is 0 Å². The first kappa shape index (κ1) is 16.7. The molecule has 16 heavy (non-hydrogen) atoms. The molecule has 0 radical (unpaired) electrons. The normalized spacial score (nSPS) is 14.7. The Morgan fingerprint density at radius 2 is 1.06 bits per heavy atom.